The largest absolute Gasteiger partial charge is 0.496 e. The molecule has 0 atom stereocenters. The number of rotatable bonds is 6. The van der Waals surface area contributed by atoms with Crippen LogP contribution in [0.25, 0.3) is 0 Å². The lowest BCUT2D eigenvalue weighted by atomic mass is 10.2. The Hall–Kier alpha value is -1.74. The molecule has 3 heteroatoms. The topological polar surface area (TPSA) is 26.2 Å². The third-order valence-corrected chi connectivity index (χ3v) is 3.82. The van der Waals surface area contributed by atoms with E-state index in [1.165, 1.54) is 22.5 Å². The van der Waals surface area contributed by atoms with Crippen LogP contribution in [0.3, 0.4) is 0 Å². The highest BCUT2D eigenvalue weighted by molar-refractivity contribution is 5.33. The number of benzene rings is 1. The predicted octanol–water partition coefficient (Wildman–Crippen LogP) is 3.42. The van der Waals surface area contributed by atoms with Crippen LogP contribution in [-0.4, -0.2) is 11.7 Å². The molecular formula is C17H24N2O. The Morgan fingerprint density at radius 2 is 1.80 bits per heavy atom. The Labute approximate surface area is 121 Å². The van der Waals surface area contributed by atoms with Crippen LogP contribution < -0.4 is 10.1 Å². The van der Waals surface area contributed by atoms with Crippen molar-refractivity contribution < 1.29 is 4.74 Å². The molecule has 0 amide bonds. The van der Waals surface area contributed by atoms with E-state index in [0.717, 1.165) is 25.4 Å². The number of nitrogens with zero attached hydrogens (tertiary/aromatic N) is 1. The van der Waals surface area contributed by atoms with Crippen molar-refractivity contribution >= 4 is 0 Å². The summed E-state index contributed by atoms with van der Waals surface area (Å²) >= 11 is 0. The van der Waals surface area contributed by atoms with E-state index in [-0.39, 0.29) is 0 Å². The molecule has 0 aliphatic carbocycles. The zero-order valence-electron chi connectivity index (χ0n) is 12.9. The molecular weight excluding hydrogens is 248 g/mol. The molecule has 0 radical (unpaired) electrons. The molecule has 2 aromatic rings. The number of hydrogen-bond acceptors (Lipinski definition) is 2. The van der Waals surface area contributed by atoms with E-state index in [1.54, 1.807) is 7.11 Å². The molecule has 3 nitrogen and oxygen atoms in total. The van der Waals surface area contributed by atoms with Gasteiger partial charge in [-0.3, -0.25) is 0 Å². The van der Waals surface area contributed by atoms with Gasteiger partial charge in [-0.1, -0.05) is 18.2 Å². The van der Waals surface area contributed by atoms with Crippen molar-refractivity contribution in [2.45, 2.75) is 40.4 Å². The summed E-state index contributed by atoms with van der Waals surface area (Å²) in [6, 6.07) is 10.4. The van der Waals surface area contributed by atoms with Crippen molar-refractivity contribution in [2.24, 2.45) is 0 Å². The van der Waals surface area contributed by atoms with Gasteiger partial charge in [-0.2, -0.15) is 0 Å². The Morgan fingerprint density at radius 3 is 2.45 bits per heavy atom. The van der Waals surface area contributed by atoms with Crippen LogP contribution in [0.5, 0.6) is 5.75 Å². The first-order valence-corrected chi connectivity index (χ1v) is 7.15. The van der Waals surface area contributed by atoms with Gasteiger partial charge in [0.2, 0.25) is 0 Å². The van der Waals surface area contributed by atoms with E-state index < -0.39 is 0 Å². The second-order valence-corrected chi connectivity index (χ2v) is 5.06. The molecule has 2 rings (SSSR count). The smallest absolute Gasteiger partial charge is 0.123 e. The maximum Gasteiger partial charge on any atom is 0.123 e. The van der Waals surface area contributed by atoms with Gasteiger partial charge in [-0.25, -0.2) is 0 Å². The number of nitrogens with one attached hydrogen (secondary N) is 1. The van der Waals surface area contributed by atoms with Crippen LogP contribution in [0, 0.1) is 13.8 Å². The fraction of sp³-hybridized carbons (Fsp3) is 0.412. The van der Waals surface area contributed by atoms with Gasteiger partial charge in [0, 0.05) is 36.6 Å². The minimum absolute atomic E-state index is 0.819. The Kier molecular flexibility index (Phi) is 4.85. The number of aromatic nitrogens is 1. The Morgan fingerprint density at radius 1 is 1.10 bits per heavy atom. The SMILES string of the molecule is CCn1c(C)cc(CNCc2ccccc2OC)c1C. The highest BCUT2D eigenvalue weighted by atomic mass is 16.5. The summed E-state index contributed by atoms with van der Waals surface area (Å²) < 4.78 is 7.72. The van der Waals surface area contributed by atoms with Gasteiger partial charge < -0.3 is 14.6 Å². The molecule has 0 bridgehead atoms. The molecule has 108 valence electrons. The van der Waals surface area contributed by atoms with E-state index in [2.05, 4.69) is 42.8 Å². The predicted molar refractivity (Wildman–Crippen MR) is 83.1 cm³/mol. The lowest BCUT2D eigenvalue weighted by molar-refractivity contribution is 0.407. The summed E-state index contributed by atoms with van der Waals surface area (Å²) in [5.41, 5.74) is 5.26. The van der Waals surface area contributed by atoms with E-state index in [0.29, 0.717) is 0 Å². The Balaban J connectivity index is 2.00. The molecule has 1 N–H and O–H groups in total. The van der Waals surface area contributed by atoms with Crippen molar-refractivity contribution in [2.75, 3.05) is 7.11 Å². The average molecular weight is 272 g/mol. The summed E-state index contributed by atoms with van der Waals surface area (Å²) in [5.74, 6) is 0.944. The quantitative estimate of drug-likeness (QED) is 0.872. The molecule has 0 aliphatic rings. The first-order valence-electron chi connectivity index (χ1n) is 7.15. The molecule has 0 saturated carbocycles. The molecule has 1 heterocycles. The molecule has 0 aliphatic heterocycles. The summed E-state index contributed by atoms with van der Waals surface area (Å²) in [5, 5.41) is 3.50. The van der Waals surface area contributed by atoms with Gasteiger partial charge >= 0.3 is 0 Å². The zero-order chi connectivity index (χ0) is 14.5. The molecule has 1 aromatic heterocycles. The third-order valence-electron chi connectivity index (χ3n) is 3.82. The number of ether oxygens (including phenoxy) is 1. The maximum atomic E-state index is 5.37. The summed E-state index contributed by atoms with van der Waals surface area (Å²) in [6.45, 7) is 9.28. The molecule has 1 aromatic carbocycles. The number of hydrogen-bond donors (Lipinski definition) is 1. The van der Waals surface area contributed by atoms with Gasteiger partial charge in [0.05, 0.1) is 7.11 Å². The minimum Gasteiger partial charge on any atom is -0.496 e. The summed E-state index contributed by atoms with van der Waals surface area (Å²) in [6.07, 6.45) is 0. The van der Waals surface area contributed by atoms with E-state index >= 15 is 0 Å². The van der Waals surface area contributed by atoms with Crippen LogP contribution in [0.2, 0.25) is 0 Å². The first kappa shape index (κ1) is 14.7. The maximum absolute atomic E-state index is 5.37. The molecule has 0 unspecified atom stereocenters. The fourth-order valence-corrected chi connectivity index (χ4v) is 2.72. The number of aryl methyl sites for hydroxylation is 1. The third kappa shape index (κ3) is 3.05. The van der Waals surface area contributed by atoms with Crippen molar-refractivity contribution in [1.29, 1.82) is 0 Å². The fourth-order valence-electron chi connectivity index (χ4n) is 2.72. The lowest BCUT2D eigenvalue weighted by Gasteiger charge is -2.10. The summed E-state index contributed by atoms with van der Waals surface area (Å²) in [7, 11) is 1.72. The molecule has 0 spiro atoms. The molecule has 0 fully saturated rings. The molecule has 0 saturated heterocycles. The van der Waals surface area contributed by atoms with Gasteiger partial charge in [-0.05, 0) is 38.5 Å². The molecule has 20 heavy (non-hydrogen) atoms. The summed E-state index contributed by atoms with van der Waals surface area (Å²) in [4.78, 5) is 0. The first-order chi connectivity index (χ1) is 9.67. The standard InChI is InChI=1S/C17H24N2O/c1-5-19-13(2)10-16(14(19)3)12-18-11-15-8-6-7-9-17(15)20-4/h6-10,18H,5,11-12H2,1-4H3. The van der Waals surface area contributed by atoms with Crippen LogP contribution >= 0.6 is 0 Å². The van der Waals surface area contributed by atoms with E-state index in [1.807, 2.05) is 18.2 Å². The van der Waals surface area contributed by atoms with Gasteiger partial charge in [0.25, 0.3) is 0 Å². The monoisotopic (exact) mass is 272 g/mol. The van der Waals surface area contributed by atoms with Gasteiger partial charge in [0.15, 0.2) is 0 Å². The highest BCUT2D eigenvalue weighted by Gasteiger charge is 2.07. The zero-order valence-corrected chi connectivity index (χ0v) is 12.9. The second kappa shape index (κ2) is 6.62. The van der Waals surface area contributed by atoms with E-state index in [4.69, 9.17) is 4.74 Å². The minimum atomic E-state index is 0.819. The highest BCUT2D eigenvalue weighted by Crippen LogP contribution is 2.18. The van der Waals surface area contributed by atoms with Crippen LogP contribution in [0.15, 0.2) is 30.3 Å². The van der Waals surface area contributed by atoms with Crippen molar-refractivity contribution in [1.82, 2.24) is 9.88 Å². The van der Waals surface area contributed by atoms with Gasteiger partial charge in [-0.15, -0.1) is 0 Å². The van der Waals surface area contributed by atoms with Crippen LogP contribution in [0.1, 0.15) is 29.4 Å². The Bertz CT molecular complexity index is 572. The lowest BCUT2D eigenvalue weighted by Crippen LogP contribution is -2.14. The second-order valence-electron chi connectivity index (χ2n) is 5.06. The number of para-hydroxylation sites is 1. The number of methoxy groups -OCH3 is 1. The van der Waals surface area contributed by atoms with Gasteiger partial charge in [0.1, 0.15) is 5.75 Å². The normalized spacial score (nSPS) is 10.8. The van der Waals surface area contributed by atoms with Crippen molar-refractivity contribution in [3.8, 4) is 5.75 Å². The van der Waals surface area contributed by atoms with Crippen molar-refractivity contribution in [3.63, 3.8) is 0 Å². The van der Waals surface area contributed by atoms with Crippen molar-refractivity contribution in [3.05, 3.63) is 52.8 Å². The van der Waals surface area contributed by atoms with Crippen LogP contribution in [0.4, 0.5) is 0 Å². The van der Waals surface area contributed by atoms with Crippen LogP contribution in [-0.2, 0) is 19.6 Å². The average Bonchev–Trinajstić information content (AvgIpc) is 2.73. The van der Waals surface area contributed by atoms with E-state index in [9.17, 15) is 0 Å².